The van der Waals surface area contributed by atoms with E-state index in [-0.39, 0.29) is 25.6 Å². The minimum absolute atomic E-state index is 0.229. The van der Waals surface area contributed by atoms with Crippen LogP contribution in [-0.4, -0.2) is 53.7 Å². The standard InChI is InChI=1S/C14H16N2O4S2/c1-9-12(22-13(15-9)10-4-3-7-21-10)14(19)16(5-6-20-2)8-11(17)18/h3-4,7H,5-6,8H2,1-2H3,(H,17,18). The average Bonchev–Trinajstić information content (AvgIpc) is 3.11. The van der Waals surface area contributed by atoms with Crippen molar-refractivity contribution in [2.24, 2.45) is 0 Å². The molecule has 0 aromatic carbocycles. The minimum Gasteiger partial charge on any atom is -0.480 e. The molecule has 22 heavy (non-hydrogen) atoms. The van der Waals surface area contributed by atoms with E-state index in [4.69, 9.17) is 9.84 Å². The highest BCUT2D eigenvalue weighted by atomic mass is 32.1. The zero-order chi connectivity index (χ0) is 16.1. The fourth-order valence-corrected chi connectivity index (χ4v) is 3.69. The van der Waals surface area contributed by atoms with Crippen molar-refractivity contribution in [3.05, 3.63) is 28.1 Å². The van der Waals surface area contributed by atoms with E-state index < -0.39 is 5.97 Å². The van der Waals surface area contributed by atoms with Gasteiger partial charge in [-0.05, 0) is 18.4 Å². The Balaban J connectivity index is 2.24. The van der Waals surface area contributed by atoms with Crippen LogP contribution in [-0.2, 0) is 9.53 Å². The third-order valence-corrected chi connectivity index (χ3v) is 5.09. The van der Waals surface area contributed by atoms with E-state index in [0.717, 1.165) is 9.88 Å². The lowest BCUT2D eigenvalue weighted by molar-refractivity contribution is -0.137. The summed E-state index contributed by atoms with van der Waals surface area (Å²) >= 11 is 2.84. The monoisotopic (exact) mass is 340 g/mol. The molecular weight excluding hydrogens is 324 g/mol. The number of nitrogens with zero attached hydrogens (tertiary/aromatic N) is 2. The van der Waals surface area contributed by atoms with E-state index in [1.54, 1.807) is 18.3 Å². The molecule has 1 N–H and O–H groups in total. The molecule has 1 amide bonds. The third-order valence-electron chi connectivity index (χ3n) is 2.90. The number of carboxylic acid groups (broad SMARTS) is 1. The second-order valence-corrected chi connectivity index (χ2v) is 6.47. The van der Waals surface area contributed by atoms with E-state index in [0.29, 0.717) is 10.6 Å². The van der Waals surface area contributed by atoms with Crippen molar-refractivity contribution in [2.45, 2.75) is 6.92 Å². The molecule has 0 aliphatic rings. The van der Waals surface area contributed by atoms with Crippen LogP contribution in [0.1, 0.15) is 15.4 Å². The van der Waals surface area contributed by atoms with Gasteiger partial charge >= 0.3 is 5.97 Å². The molecule has 2 heterocycles. The van der Waals surface area contributed by atoms with Gasteiger partial charge in [-0.15, -0.1) is 22.7 Å². The number of carbonyl (C=O) groups is 2. The van der Waals surface area contributed by atoms with Crippen molar-refractivity contribution >= 4 is 34.6 Å². The summed E-state index contributed by atoms with van der Waals surface area (Å²) in [4.78, 5) is 30.7. The second-order valence-electron chi connectivity index (χ2n) is 4.52. The summed E-state index contributed by atoms with van der Waals surface area (Å²) in [7, 11) is 1.51. The van der Waals surface area contributed by atoms with Crippen LogP contribution in [0.25, 0.3) is 9.88 Å². The Labute approximate surface area is 136 Å². The quantitative estimate of drug-likeness (QED) is 0.837. The number of rotatable bonds is 7. The lowest BCUT2D eigenvalue weighted by Crippen LogP contribution is -2.37. The molecule has 0 atom stereocenters. The Morgan fingerprint density at radius 1 is 1.45 bits per heavy atom. The van der Waals surface area contributed by atoms with Crippen LogP contribution in [0.3, 0.4) is 0 Å². The van der Waals surface area contributed by atoms with Crippen molar-refractivity contribution in [3.63, 3.8) is 0 Å². The second kappa shape index (κ2) is 7.48. The van der Waals surface area contributed by atoms with Gasteiger partial charge < -0.3 is 14.7 Å². The molecule has 0 aliphatic carbocycles. The van der Waals surface area contributed by atoms with Gasteiger partial charge in [-0.25, -0.2) is 4.98 Å². The highest BCUT2D eigenvalue weighted by Gasteiger charge is 2.23. The number of aryl methyl sites for hydroxylation is 1. The summed E-state index contributed by atoms with van der Waals surface area (Å²) in [6, 6.07) is 3.87. The van der Waals surface area contributed by atoms with Gasteiger partial charge in [0.1, 0.15) is 16.4 Å². The van der Waals surface area contributed by atoms with E-state index in [1.165, 1.54) is 23.3 Å². The smallest absolute Gasteiger partial charge is 0.323 e. The molecule has 0 bridgehead atoms. The number of hydrogen-bond acceptors (Lipinski definition) is 6. The first kappa shape index (κ1) is 16.6. The summed E-state index contributed by atoms with van der Waals surface area (Å²) in [5.41, 5.74) is 0.617. The summed E-state index contributed by atoms with van der Waals surface area (Å²) < 4.78 is 4.94. The van der Waals surface area contributed by atoms with E-state index >= 15 is 0 Å². The molecule has 0 radical (unpaired) electrons. The molecule has 0 aliphatic heterocycles. The average molecular weight is 340 g/mol. The first-order valence-corrected chi connectivity index (χ1v) is 8.24. The van der Waals surface area contributed by atoms with Crippen molar-refractivity contribution in [1.29, 1.82) is 0 Å². The summed E-state index contributed by atoms with van der Waals surface area (Å²) in [6.07, 6.45) is 0. The number of thiazole rings is 1. The van der Waals surface area contributed by atoms with Crippen molar-refractivity contribution in [1.82, 2.24) is 9.88 Å². The summed E-state index contributed by atoms with van der Waals surface area (Å²) in [5.74, 6) is -1.37. The van der Waals surface area contributed by atoms with Gasteiger partial charge in [0, 0.05) is 13.7 Å². The van der Waals surface area contributed by atoms with Gasteiger partial charge in [0.25, 0.3) is 5.91 Å². The maximum atomic E-state index is 12.6. The number of hydrogen-bond donors (Lipinski definition) is 1. The van der Waals surface area contributed by atoms with Crippen LogP contribution in [0, 0.1) is 6.92 Å². The highest BCUT2D eigenvalue weighted by Crippen LogP contribution is 2.31. The molecular formula is C14H16N2O4S2. The predicted octanol–water partition coefficient (Wildman–Crippen LogP) is 2.35. The van der Waals surface area contributed by atoms with Gasteiger partial charge in [-0.1, -0.05) is 6.07 Å². The summed E-state index contributed by atoms with van der Waals surface area (Å²) in [6.45, 7) is 1.92. The number of ether oxygens (including phenoxy) is 1. The Bertz CT molecular complexity index is 652. The maximum absolute atomic E-state index is 12.6. The van der Waals surface area contributed by atoms with Gasteiger partial charge in [0.2, 0.25) is 0 Å². The van der Waals surface area contributed by atoms with E-state index in [9.17, 15) is 9.59 Å². The van der Waals surface area contributed by atoms with Gasteiger partial charge in [0.15, 0.2) is 0 Å². The molecule has 0 saturated heterocycles. The molecule has 0 saturated carbocycles. The topological polar surface area (TPSA) is 79.7 Å². The summed E-state index contributed by atoms with van der Waals surface area (Å²) in [5, 5.41) is 11.7. The first-order valence-electron chi connectivity index (χ1n) is 6.54. The Hall–Kier alpha value is -1.77. The van der Waals surface area contributed by atoms with Gasteiger partial charge in [-0.3, -0.25) is 9.59 Å². The van der Waals surface area contributed by atoms with E-state index in [2.05, 4.69) is 4.98 Å². The molecule has 0 fully saturated rings. The molecule has 2 rings (SSSR count). The van der Waals surface area contributed by atoms with Crippen LogP contribution >= 0.6 is 22.7 Å². The molecule has 0 spiro atoms. The Morgan fingerprint density at radius 2 is 2.23 bits per heavy atom. The molecule has 118 valence electrons. The fraction of sp³-hybridized carbons (Fsp3) is 0.357. The van der Waals surface area contributed by atoms with Crippen LogP contribution in [0.4, 0.5) is 0 Å². The van der Waals surface area contributed by atoms with Crippen LogP contribution in [0.2, 0.25) is 0 Å². The van der Waals surface area contributed by atoms with Crippen molar-refractivity contribution in [2.75, 3.05) is 26.8 Å². The van der Waals surface area contributed by atoms with Crippen LogP contribution in [0.15, 0.2) is 17.5 Å². The molecule has 2 aromatic heterocycles. The number of thiophene rings is 1. The van der Waals surface area contributed by atoms with E-state index in [1.807, 2.05) is 17.5 Å². The number of aromatic nitrogens is 1. The molecule has 6 nitrogen and oxygen atoms in total. The van der Waals surface area contributed by atoms with Crippen LogP contribution in [0.5, 0.6) is 0 Å². The zero-order valence-electron chi connectivity index (χ0n) is 12.2. The zero-order valence-corrected chi connectivity index (χ0v) is 13.9. The lowest BCUT2D eigenvalue weighted by Gasteiger charge is -2.19. The number of carbonyl (C=O) groups excluding carboxylic acids is 1. The SMILES string of the molecule is COCCN(CC(=O)O)C(=O)c1sc(-c2cccs2)nc1C. The number of aliphatic carboxylic acids is 1. The number of amides is 1. The number of carboxylic acids is 1. The normalized spacial score (nSPS) is 10.6. The van der Waals surface area contributed by atoms with Crippen LogP contribution < -0.4 is 0 Å². The first-order chi connectivity index (χ1) is 10.5. The van der Waals surface area contributed by atoms with Crippen molar-refractivity contribution < 1.29 is 19.4 Å². The maximum Gasteiger partial charge on any atom is 0.323 e. The Kier molecular flexibility index (Phi) is 5.64. The molecule has 8 heteroatoms. The third kappa shape index (κ3) is 3.90. The lowest BCUT2D eigenvalue weighted by atomic mass is 10.3. The highest BCUT2D eigenvalue weighted by molar-refractivity contribution is 7.22. The Morgan fingerprint density at radius 3 is 2.82 bits per heavy atom. The number of methoxy groups -OCH3 is 1. The van der Waals surface area contributed by atoms with Crippen molar-refractivity contribution in [3.8, 4) is 9.88 Å². The minimum atomic E-state index is -1.05. The predicted molar refractivity (Wildman–Crippen MR) is 85.6 cm³/mol. The van der Waals surface area contributed by atoms with Gasteiger partial charge in [-0.2, -0.15) is 0 Å². The fourth-order valence-electron chi connectivity index (χ4n) is 1.86. The van der Waals surface area contributed by atoms with Gasteiger partial charge in [0.05, 0.1) is 17.2 Å². The molecule has 0 unspecified atom stereocenters. The molecule has 2 aromatic rings. The largest absolute Gasteiger partial charge is 0.480 e.